The van der Waals surface area contributed by atoms with E-state index in [0.29, 0.717) is 19.5 Å². The Morgan fingerprint density at radius 1 is 1.16 bits per heavy atom. The van der Waals surface area contributed by atoms with Gasteiger partial charge in [0.25, 0.3) is 0 Å². The van der Waals surface area contributed by atoms with Crippen LogP contribution in [0.2, 0.25) is 0 Å². The fourth-order valence-corrected chi connectivity index (χ4v) is 4.22. The number of aliphatic hydroxyl groups excluding tert-OH is 1. The lowest BCUT2D eigenvalue weighted by Gasteiger charge is -2.32. The molecule has 0 saturated carbocycles. The van der Waals surface area contributed by atoms with Gasteiger partial charge in [-0.25, -0.2) is 4.98 Å². The van der Waals surface area contributed by atoms with Crippen molar-refractivity contribution in [3.05, 3.63) is 59.9 Å². The Labute approximate surface area is 183 Å². The second kappa shape index (κ2) is 8.35. The number of carbonyl (C=O) groups is 1. The first-order valence-corrected chi connectivity index (χ1v) is 10.9. The van der Waals surface area contributed by atoms with Crippen molar-refractivity contribution in [1.82, 2.24) is 14.5 Å². The van der Waals surface area contributed by atoms with Gasteiger partial charge in [-0.15, -0.1) is 0 Å². The molecular weight excluding hydrogens is 390 g/mol. The van der Waals surface area contributed by atoms with Gasteiger partial charge in [0.15, 0.2) is 0 Å². The van der Waals surface area contributed by atoms with E-state index in [1.54, 1.807) is 0 Å². The van der Waals surface area contributed by atoms with Crippen LogP contribution in [0.15, 0.2) is 48.5 Å². The van der Waals surface area contributed by atoms with E-state index in [-0.39, 0.29) is 24.0 Å². The number of rotatable bonds is 6. The highest BCUT2D eigenvalue weighted by molar-refractivity contribution is 5.81. The van der Waals surface area contributed by atoms with Gasteiger partial charge in [0.1, 0.15) is 24.3 Å². The van der Waals surface area contributed by atoms with Crippen molar-refractivity contribution in [2.45, 2.75) is 58.2 Å². The normalized spacial score (nSPS) is 18.0. The second-order valence-electron chi connectivity index (χ2n) is 9.42. The van der Waals surface area contributed by atoms with Crippen LogP contribution in [0.4, 0.5) is 0 Å². The third kappa shape index (κ3) is 4.59. The number of ether oxygens (including phenoxy) is 1. The van der Waals surface area contributed by atoms with Gasteiger partial charge in [-0.05, 0) is 52.0 Å². The Balaban J connectivity index is 1.55. The third-order valence-corrected chi connectivity index (χ3v) is 5.84. The quantitative estimate of drug-likeness (QED) is 0.656. The summed E-state index contributed by atoms with van der Waals surface area (Å²) < 4.78 is 7.84. The molecule has 4 rings (SSSR count). The van der Waals surface area contributed by atoms with Gasteiger partial charge >= 0.3 is 0 Å². The molecule has 1 aromatic heterocycles. The molecule has 1 aliphatic rings. The summed E-state index contributed by atoms with van der Waals surface area (Å²) in [6.07, 6.45) is -0.259. The molecule has 6 nitrogen and oxygen atoms in total. The van der Waals surface area contributed by atoms with Crippen molar-refractivity contribution in [3.63, 3.8) is 0 Å². The highest BCUT2D eigenvalue weighted by atomic mass is 16.5. The number of amides is 1. The maximum atomic E-state index is 12.7. The highest BCUT2D eigenvalue weighted by Crippen LogP contribution is 2.34. The fraction of sp³-hybridized carbons (Fsp3) is 0.440. The Bertz CT molecular complexity index is 1070. The Hall–Kier alpha value is -2.86. The Morgan fingerprint density at radius 2 is 1.87 bits per heavy atom. The summed E-state index contributed by atoms with van der Waals surface area (Å²) >= 11 is 0. The molecule has 164 valence electrons. The molecule has 2 aromatic carbocycles. The van der Waals surface area contributed by atoms with Crippen LogP contribution in [-0.4, -0.2) is 50.3 Å². The SMILES string of the molecule is Cc1ccc(OC[C@H](O)Cn2c([C@@H]3CC(=O)N(C(C)(C)C)C3)nc3ccccc32)cc1. The molecule has 0 radical (unpaired) electrons. The molecule has 0 unspecified atom stereocenters. The molecule has 0 aliphatic carbocycles. The monoisotopic (exact) mass is 421 g/mol. The van der Waals surface area contributed by atoms with Crippen LogP contribution in [0.5, 0.6) is 5.75 Å². The minimum Gasteiger partial charge on any atom is -0.491 e. The van der Waals surface area contributed by atoms with E-state index in [9.17, 15) is 9.90 Å². The van der Waals surface area contributed by atoms with E-state index in [0.717, 1.165) is 28.2 Å². The molecule has 2 heterocycles. The van der Waals surface area contributed by atoms with Gasteiger partial charge in [-0.1, -0.05) is 29.8 Å². The summed E-state index contributed by atoms with van der Waals surface area (Å²) in [6, 6.07) is 15.7. The molecule has 0 spiro atoms. The number of fused-ring (bicyclic) bond motifs is 1. The number of hydrogen-bond donors (Lipinski definition) is 1. The van der Waals surface area contributed by atoms with Crippen LogP contribution < -0.4 is 4.74 Å². The predicted molar refractivity (Wildman–Crippen MR) is 121 cm³/mol. The number of aromatic nitrogens is 2. The summed E-state index contributed by atoms with van der Waals surface area (Å²) in [6.45, 7) is 9.39. The lowest BCUT2D eigenvalue weighted by atomic mass is 10.1. The Kier molecular flexibility index (Phi) is 5.75. The smallest absolute Gasteiger partial charge is 0.223 e. The molecule has 1 aliphatic heterocycles. The maximum absolute atomic E-state index is 12.7. The van der Waals surface area contributed by atoms with E-state index < -0.39 is 6.10 Å². The number of benzene rings is 2. The summed E-state index contributed by atoms with van der Waals surface area (Å²) in [7, 11) is 0. The van der Waals surface area contributed by atoms with Crippen molar-refractivity contribution in [3.8, 4) is 5.75 Å². The average molecular weight is 422 g/mol. The zero-order valence-corrected chi connectivity index (χ0v) is 18.7. The lowest BCUT2D eigenvalue weighted by molar-refractivity contribution is -0.131. The van der Waals surface area contributed by atoms with Crippen LogP contribution in [-0.2, 0) is 11.3 Å². The fourth-order valence-electron chi connectivity index (χ4n) is 4.22. The standard InChI is InChI=1S/C25H31N3O3/c1-17-9-11-20(12-10-17)31-16-19(29)15-27-22-8-6-5-7-21(22)26-24(27)18-13-23(30)28(14-18)25(2,3)4/h5-12,18-19,29H,13-16H2,1-4H3/t18-,19-/m1/s1. The number of para-hydroxylation sites is 2. The van der Waals surface area contributed by atoms with Crippen molar-refractivity contribution < 1.29 is 14.6 Å². The van der Waals surface area contributed by atoms with Crippen molar-refractivity contribution in [1.29, 1.82) is 0 Å². The summed E-state index contributed by atoms with van der Waals surface area (Å²) in [4.78, 5) is 19.4. The van der Waals surface area contributed by atoms with E-state index in [1.807, 2.05) is 60.4 Å². The average Bonchev–Trinajstić information content (AvgIpc) is 3.28. The van der Waals surface area contributed by atoms with Crippen LogP contribution in [0.25, 0.3) is 11.0 Å². The van der Waals surface area contributed by atoms with E-state index >= 15 is 0 Å². The number of nitrogens with zero attached hydrogens (tertiary/aromatic N) is 3. The number of aryl methyl sites for hydroxylation is 1. The number of carbonyl (C=O) groups excluding carboxylic acids is 1. The minimum atomic E-state index is -0.700. The first-order valence-electron chi connectivity index (χ1n) is 10.9. The molecule has 1 amide bonds. The van der Waals surface area contributed by atoms with Gasteiger partial charge in [0.05, 0.1) is 17.6 Å². The molecule has 3 aromatic rings. The van der Waals surface area contributed by atoms with Gasteiger partial charge in [-0.3, -0.25) is 4.79 Å². The summed E-state index contributed by atoms with van der Waals surface area (Å²) in [5, 5.41) is 10.7. The van der Waals surface area contributed by atoms with Crippen molar-refractivity contribution >= 4 is 16.9 Å². The molecular formula is C25H31N3O3. The number of hydrogen-bond acceptors (Lipinski definition) is 4. The summed E-state index contributed by atoms with van der Waals surface area (Å²) in [5.74, 6) is 1.75. The second-order valence-corrected chi connectivity index (χ2v) is 9.42. The predicted octanol–water partition coefficient (Wildman–Crippen LogP) is 3.90. The minimum absolute atomic E-state index is 0.00402. The Morgan fingerprint density at radius 3 is 2.55 bits per heavy atom. The van der Waals surface area contributed by atoms with E-state index in [4.69, 9.17) is 9.72 Å². The molecule has 2 atom stereocenters. The largest absolute Gasteiger partial charge is 0.491 e. The molecule has 31 heavy (non-hydrogen) atoms. The van der Waals surface area contributed by atoms with E-state index in [1.165, 1.54) is 0 Å². The van der Waals surface area contributed by atoms with Crippen LogP contribution >= 0.6 is 0 Å². The maximum Gasteiger partial charge on any atom is 0.223 e. The first kappa shape index (κ1) is 21.4. The third-order valence-electron chi connectivity index (χ3n) is 5.84. The van der Waals surface area contributed by atoms with Crippen LogP contribution in [0.3, 0.4) is 0 Å². The number of imidazole rings is 1. The molecule has 0 bridgehead atoms. The molecule has 6 heteroatoms. The van der Waals surface area contributed by atoms with Crippen LogP contribution in [0, 0.1) is 6.92 Å². The topological polar surface area (TPSA) is 67.6 Å². The zero-order chi connectivity index (χ0) is 22.2. The van der Waals surface area contributed by atoms with Gasteiger partial charge in [0, 0.05) is 24.4 Å². The lowest BCUT2D eigenvalue weighted by Crippen LogP contribution is -2.42. The van der Waals surface area contributed by atoms with Gasteiger partial charge in [0.2, 0.25) is 5.91 Å². The van der Waals surface area contributed by atoms with E-state index in [2.05, 4.69) is 25.3 Å². The molecule has 1 fully saturated rings. The van der Waals surface area contributed by atoms with Crippen molar-refractivity contribution in [2.24, 2.45) is 0 Å². The zero-order valence-electron chi connectivity index (χ0n) is 18.7. The summed E-state index contributed by atoms with van der Waals surface area (Å²) in [5.41, 5.74) is 2.79. The van der Waals surface area contributed by atoms with Gasteiger partial charge in [-0.2, -0.15) is 0 Å². The van der Waals surface area contributed by atoms with Gasteiger partial charge < -0.3 is 19.3 Å². The number of aliphatic hydroxyl groups is 1. The first-order chi connectivity index (χ1) is 14.7. The molecule has 1 N–H and O–H groups in total. The highest BCUT2D eigenvalue weighted by Gasteiger charge is 2.39. The van der Waals surface area contributed by atoms with Crippen molar-refractivity contribution in [2.75, 3.05) is 13.2 Å². The van der Waals surface area contributed by atoms with Crippen LogP contribution in [0.1, 0.15) is 44.5 Å². The molecule has 1 saturated heterocycles. The number of likely N-dealkylation sites (tertiary alicyclic amines) is 1.